The van der Waals surface area contributed by atoms with Gasteiger partial charge in [-0.2, -0.15) is 0 Å². The van der Waals surface area contributed by atoms with Crippen LogP contribution in [0.25, 0.3) is 0 Å². The van der Waals surface area contributed by atoms with Gasteiger partial charge in [-0.1, -0.05) is 73.7 Å². The van der Waals surface area contributed by atoms with Crippen LogP contribution >= 0.6 is 0 Å². The number of nitrogens with one attached hydrogen (secondary N) is 1. The van der Waals surface area contributed by atoms with Crippen LogP contribution in [-0.2, 0) is 32.6 Å². The molecule has 9 heteroatoms. The topological polar surface area (TPSA) is 86.8 Å². The van der Waals surface area contributed by atoms with Crippen LogP contribution in [0.2, 0.25) is 0 Å². The molecular weight excluding hydrogens is 529 g/mol. The highest BCUT2D eigenvalue weighted by atomic mass is 32.2. The van der Waals surface area contributed by atoms with E-state index in [1.54, 1.807) is 44.2 Å². The molecule has 1 N–H and O–H groups in total. The molecule has 40 heavy (non-hydrogen) atoms. The van der Waals surface area contributed by atoms with Gasteiger partial charge >= 0.3 is 0 Å². The number of carbonyl (C=O) groups excluding carboxylic acids is 2. The van der Waals surface area contributed by atoms with Crippen molar-refractivity contribution in [2.75, 3.05) is 17.1 Å². The van der Waals surface area contributed by atoms with Crippen molar-refractivity contribution in [3.63, 3.8) is 0 Å². The van der Waals surface area contributed by atoms with Crippen molar-refractivity contribution in [1.82, 2.24) is 10.2 Å². The fourth-order valence-electron chi connectivity index (χ4n) is 4.58. The number of halogens is 1. The molecule has 2 atom stereocenters. The number of nitrogens with zero attached hydrogens (tertiary/aromatic N) is 2. The average molecular weight is 568 g/mol. The number of rotatable bonds is 12. The number of benzene rings is 3. The molecule has 0 radical (unpaired) electrons. The second-order valence-electron chi connectivity index (χ2n) is 10.1. The molecule has 0 aliphatic rings. The van der Waals surface area contributed by atoms with Gasteiger partial charge in [0, 0.05) is 24.6 Å². The number of para-hydroxylation sites is 1. The average Bonchev–Trinajstić information content (AvgIpc) is 2.90. The minimum atomic E-state index is -3.89. The lowest BCUT2D eigenvalue weighted by atomic mass is 10.0. The minimum absolute atomic E-state index is 0.154. The summed E-state index contributed by atoms with van der Waals surface area (Å²) in [5.41, 5.74) is 2.83. The third-order valence-electron chi connectivity index (χ3n) is 6.94. The van der Waals surface area contributed by atoms with Crippen LogP contribution < -0.4 is 9.62 Å². The van der Waals surface area contributed by atoms with E-state index in [9.17, 15) is 22.4 Å². The highest BCUT2D eigenvalue weighted by Gasteiger charge is 2.34. The highest BCUT2D eigenvalue weighted by Crippen LogP contribution is 2.27. The summed E-state index contributed by atoms with van der Waals surface area (Å²) >= 11 is 0. The summed E-state index contributed by atoms with van der Waals surface area (Å²) in [7, 11) is -3.89. The van der Waals surface area contributed by atoms with Crippen molar-refractivity contribution in [2.24, 2.45) is 0 Å². The first-order chi connectivity index (χ1) is 18.9. The zero-order valence-corrected chi connectivity index (χ0v) is 24.5. The summed E-state index contributed by atoms with van der Waals surface area (Å²) in [6.07, 6.45) is 1.90. The van der Waals surface area contributed by atoms with E-state index in [2.05, 4.69) is 5.32 Å². The van der Waals surface area contributed by atoms with Crippen LogP contribution in [0.4, 0.5) is 10.1 Å². The quantitative estimate of drug-likeness (QED) is 0.342. The number of sulfonamides is 1. The first-order valence-corrected chi connectivity index (χ1v) is 15.2. The number of amides is 2. The van der Waals surface area contributed by atoms with Crippen LogP contribution in [0.15, 0.2) is 72.8 Å². The van der Waals surface area contributed by atoms with Crippen molar-refractivity contribution in [2.45, 2.75) is 59.2 Å². The van der Waals surface area contributed by atoms with E-state index >= 15 is 0 Å². The van der Waals surface area contributed by atoms with E-state index in [1.807, 2.05) is 50.2 Å². The first kappa shape index (κ1) is 30.8. The molecule has 3 aromatic carbocycles. The summed E-state index contributed by atoms with van der Waals surface area (Å²) in [4.78, 5) is 29.1. The number of aryl methyl sites for hydroxylation is 2. The minimum Gasteiger partial charge on any atom is -0.352 e. The Morgan fingerprint density at radius 1 is 0.925 bits per heavy atom. The maximum atomic E-state index is 14.8. The molecule has 0 bridgehead atoms. The van der Waals surface area contributed by atoms with E-state index in [1.165, 1.54) is 11.0 Å². The van der Waals surface area contributed by atoms with Crippen LogP contribution in [0.5, 0.6) is 0 Å². The Labute approximate surface area is 237 Å². The van der Waals surface area contributed by atoms with Crippen molar-refractivity contribution in [3.8, 4) is 0 Å². The van der Waals surface area contributed by atoms with Gasteiger partial charge in [0.05, 0.1) is 11.9 Å². The molecule has 0 saturated heterocycles. The predicted molar refractivity (Wildman–Crippen MR) is 157 cm³/mol. The number of carbonyl (C=O) groups is 2. The lowest BCUT2D eigenvalue weighted by molar-refractivity contribution is -0.140. The summed E-state index contributed by atoms with van der Waals surface area (Å²) in [5, 5.41) is 2.96. The second kappa shape index (κ2) is 13.6. The monoisotopic (exact) mass is 567 g/mol. The molecule has 0 saturated carbocycles. The number of hydrogen-bond acceptors (Lipinski definition) is 4. The molecule has 214 valence electrons. The highest BCUT2D eigenvalue weighted by molar-refractivity contribution is 7.92. The Morgan fingerprint density at radius 3 is 2.10 bits per heavy atom. The molecule has 3 aromatic rings. The van der Waals surface area contributed by atoms with Gasteiger partial charge in [-0.15, -0.1) is 0 Å². The molecule has 3 rings (SSSR count). The van der Waals surface area contributed by atoms with E-state index in [0.717, 1.165) is 16.1 Å². The number of anilines is 1. The van der Waals surface area contributed by atoms with Crippen molar-refractivity contribution >= 4 is 27.5 Å². The Hall–Kier alpha value is -3.72. The zero-order valence-electron chi connectivity index (χ0n) is 23.7. The fourth-order valence-corrected chi connectivity index (χ4v) is 5.54. The summed E-state index contributed by atoms with van der Waals surface area (Å²) in [6, 6.07) is 19.5. The molecule has 0 spiro atoms. The molecule has 0 heterocycles. The van der Waals surface area contributed by atoms with Gasteiger partial charge in [-0.25, -0.2) is 12.8 Å². The van der Waals surface area contributed by atoms with Crippen molar-refractivity contribution in [1.29, 1.82) is 0 Å². The molecule has 7 nitrogen and oxygen atoms in total. The fraction of sp³-hybridized carbons (Fsp3) is 0.355. The zero-order chi connectivity index (χ0) is 29.4. The maximum absolute atomic E-state index is 14.8. The van der Waals surface area contributed by atoms with Gasteiger partial charge in [0.1, 0.15) is 18.4 Å². The predicted octanol–water partition coefficient (Wildman–Crippen LogP) is 4.76. The van der Waals surface area contributed by atoms with E-state index in [0.29, 0.717) is 23.2 Å². The smallest absolute Gasteiger partial charge is 0.244 e. The van der Waals surface area contributed by atoms with Gasteiger partial charge in [-0.05, 0) is 49.9 Å². The van der Waals surface area contributed by atoms with Crippen LogP contribution in [0.1, 0.15) is 42.5 Å². The molecule has 0 fully saturated rings. The molecule has 0 aliphatic heterocycles. The third-order valence-corrected chi connectivity index (χ3v) is 8.05. The Balaban J connectivity index is 2.11. The van der Waals surface area contributed by atoms with E-state index < -0.39 is 34.3 Å². The van der Waals surface area contributed by atoms with Crippen molar-refractivity contribution in [3.05, 3.63) is 101 Å². The normalized spacial score (nSPS) is 12.8. The van der Waals surface area contributed by atoms with Gasteiger partial charge in [-0.3, -0.25) is 13.9 Å². The lowest BCUT2D eigenvalue weighted by Crippen LogP contribution is -2.54. The Kier molecular flexibility index (Phi) is 10.5. The van der Waals surface area contributed by atoms with Gasteiger partial charge in [0.2, 0.25) is 21.8 Å². The van der Waals surface area contributed by atoms with Gasteiger partial charge in [0.15, 0.2) is 0 Å². The summed E-state index contributed by atoms with van der Waals surface area (Å²) < 4.78 is 41.9. The van der Waals surface area contributed by atoms with E-state index in [-0.39, 0.29) is 30.5 Å². The molecule has 0 aromatic heterocycles. The van der Waals surface area contributed by atoms with Gasteiger partial charge in [0.25, 0.3) is 0 Å². The summed E-state index contributed by atoms with van der Waals surface area (Å²) in [5.74, 6) is -1.52. The van der Waals surface area contributed by atoms with Gasteiger partial charge < -0.3 is 10.2 Å². The SMILES string of the molecule is CC[C@H](C)NC(=O)[C@H](Cc1ccccc1)N(Cc1ccccc1F)C(=O)CN(c1c(C)cccc1C)S(C)(=O)=O. The second-order valence-corrected chi connectivity index (χ2v) is 12.1. The van der Waals surface area contributed by atoms with Crippen molar-refractivity contribution < 1.29 is 22.4 Å². The maximum Gasteiger partial charge on any atom is 0.244 e. The number of hydrogen-bond donors (Lipinski definition) is 1. The third kappa shape index (κ3) is 7.91. The van der Waals surface area contributed by atoms with Crippen LogP contribution in [0, 0.1) is 19.7 Å². The first-order valence-electron chi connectivity index (χ1n) is 13.3. The standard InChI is InChI=1S/C31H38FN3O4S/c1-6-24(4)33-31(37)28(19-25-15-8-7-9-16-25)34(20-26-17-10-11-18-27(26)32)29(36)21-35(40(5,38)39)30-22(2)13-12-14-23(30)3/h7-18,24,28H,6,19-21H2,1-5H3,(H,33,37)/t24-,28-/m0/s1. The molecule has 0 unspecified atom stereocenters. The Morgan fingerprint density at radius 2 is 1.52 bits per heavy atom. The largest absolute Gasteiger partial charge is 0.352 e. The van der Waals surface area contributed by atoms with Crippen LogP contribution in [0.3, 0.4) is 0 Å². The molecule has 0 aliphatic carbocycles. The summed E-state index contributed by atoms with van der Waals surface area (Å²) in [6.45, 7) is 6.61. The lowest BCUT2D eigenvalue weighted by Gasteiger charge is -2.34. The molecular formula is C31H38FN3O4S. The molecule has 2 amide bonds. The van der Waals surface area contributed by atoms with E-state index in [4.69, 9.17) is 0 Å². The van der Waals surface area contributed by atoms with Crippen LogP contribution in [-0.4, -0.2) is 50.0 Å². The Bertz CT molecular complexity index is 1410.